The molecule has 3 fully saturated rings. The Bertz CT molecular complexity index is 1780. The zero-order valence-corrected chi connectivity index (χ0v) is 46.8. The zero-order valence-electron chi connectivity index (χ0n) is 46.8. The Morgan fingerprint density at radius 1 is 0.388 bits per heavy atom. The highest BCUT2D eigenvalue weighted by molar-refractivity contribution is 5.73. The zero-order chi connectivity index (χ0) is 59.3. The molecule has 5 N–H and O–H groups in total. The fraction of sp³-hybridized carbons (Fsp3) is 0.767. The molecule has 454 valence electrons. The lowest BCUT2D eigenvalue weighted by atomic mass is 9.85. The maximum absolute atomic E-state index is 11.5. The van der Waals surface area contributed by atoms with Crippen LogP contribution >= 0.6 is 0 Å². The summed E-state index contributed by atoms with van der Waals surface area (Å²) in [6, 6.07) is 0. The molecule has 16 atom stereocenters. The van der Waals surface area contributed by atoms with E-state index in [-0.39, 0.29) is 42.3 Å². The van der Waals surface area contributed by atoms with Crippen LogP contribution < -0.4 is 0 Å². The molecular formula is C60H94O20. The predicted octanol–water partition coefficient (Wildman–Crippen LogP) is 5.78. The first-order valence-corrected chi connectivity index (χ1v) is 29.2. The molecule has 3 aliphatic rings. The lowest BCUT2D eigenvalue weighted by Crippen LogP contribution is -2.35. The maximum Gasteiger partial charge on any atom is 0.154 e. The number of aliphatic hydroxyl groups is 5. The van der Waals surface area contributed by atoms with Crippen molar-refractivity contribution in [2.45, 2.75) is 242 Å². The Balaban J connectivity index is 0.000000618. The normalized spacial score (nSPS) is 23.9. The van der Waals surface area contributed by atoms with E-state index in [4.69, 9.17) is 14.2 Å². The molecule has 0 aromatic carbocycles. The lowest BCUT2D eigenvalue weighted by molar-refractivity contribution is -0.179. The first kappa shape index (κ1) is 73.5. The van der Waals surface area contributed by atoms with Gasteiger partial charge < -0.3 is 92.5 Å². The molecule has 3 aliphatic heterocycles. The Hall–Kier alpha value is -4.54. The summed E-state index contributed by atoms with van der Waals surface area (Å²) >= 11 is 0. The standard InChI is InChI=1S/C25H38O8.C20H32O7.C15H24O5/c26-13-3-1-2-6-19(15-27)11-12-23(31)21(17-29)8-4-7-20(16-28)14-22(18-30)24-9-5-10-25(32)33-24;21-10-2-1-7-18(25)16(13-23)6-3-5-15(12-22)11-17(14-24)19-8-4-9-20(26)27-19;16-8-3-1-2-5-12(10-17)9-13(11-18)14-6-4-7-15(19)20-14/h6,13,15-18,20-25,31-32H,1-5,7-12,14H2;10,12-20,25-26H,1-9,11H2;8,10-15,19H,1-7,9H2/b19-6+;;. The van der Waals surface area contributed by atoms with Crippen molar-refractivity contribution >= 4 is 75.4 Å². The third-order valence-corrected chi connectivity index (χ3v) is 15.4. The Kier molecular flexibility index (Phi) is 43.2. The van der Waals surface area contributed by atoms with Crippen LogP contribution in [-0.4, -0.2) is 150 Å². The van der Waals surface area contributed by atoms with E-state index in [1.165, 1.54) is 0 Å². The van der Waals surface area contributed by atoms with E-state index in [1.807, 2.05) is 0 Å². The number of aliphatic hydroxyl groups excluding tert-OH is 5. The van der Waals surface area contributed by atoms with Gasteiger partial charge in [-0.25, -0.2) is 0 Å². The van der Waals surface area contributed by atoms with E-state index in [9.17, 15) is 83.1 Å². The van der Waals surface area contributed by atoms with Crippen LogP contribution in [0.4, 0.5) is 0 Å². The highest BCUT2D eigenvalue weighted by atomic mass is 16.6. The first-order valence-electron chi connectivity index (χ1n) is 29.2. The number of aldehydes is 12. The summed E-state index contributed by atoms with van der Waals surface area (Å²) in [5, 5.41) is 49.1. The van der Waals surface area contributed by atoms with Gasteiger partial charge in [0.05, 0.1) is 30.5 Å². The van der Waals surface area contributed by atoms with E-state index in [2.05, 4.69) is 0 Å². The number of allylic oxidation sites excluding steroid dienone is 2. The lowest BCUT2D eigenvalue weighted by Gasteiger charge is -2.31. The summed E-state index contributed by atoms with van der Waals surface area (Å²) in [7, 11) is 0. The summed E-state index contributed by atoms with van der Waals surface area (Å²) in [5.41, 5.74) is 0.542. The van der Waals surface area contributed by atoms with Crippen LogP contribution in [0.25, 0.3) is 0 Å². The largest absolute Gasteiger partial charge is 0.392 e. The van der Waals surface area contributed by atoms with Crippen molar-refractivity contribution in [2.24, 2.45) is 47.3 Å². The topological polar surface area (TPSA) is 334 Å². The van der Waals surface area contributed by atoms with Crippen molar-refractivity contribution in [3.63, 3.8) is 0 Å². The minimum atomic E-state index is -0.893. The second-order valence-electron chi connectivity index (χ2n) is 21.7. The van der Waals surface area contributed by atoms with Gasteiger partial charge in [-0.2, -0.15) is 0 Å². The average Bonchev–Trinajstić information content (AvgIpc) is 3.48. The average molecular weight is 1140 g/mol. The van der Waals surface area contributed by atoms with Crippen molar-refractivity contribution in [1.82, 2.24) is 0 Å². The molecular weight excluding hydrogens is 1040 g/mol. The summed E-state index contributed by atoms with van der Waals surface area (Å²) in [6.45, 7) is 0. The van der Waals surface area contributed by atoms with Crippen LogP contribution in [0, 0.1) is 47.3 Å². The highest BCUT2D eigenvalue weighted by Gasteiger charge is 2.33. The summed E-state index contributed by atoms with van der Waals surface area (Å²) in [5.74, 6) is -3.24. The van der Waals surface area contributed by atoms with Crippen molar-refractivity contribution in [1.29, 1.82) is 0 Å². The molecule has 0 amide bonds. The quantitative estimate of drug-likeness (QED) is 0.0274. The number of carbonyl (C=O) groups is 12. The van der Waals surface area contributed by atoms with Gasteiger partial charge in [0.1, 0.15) is 75.4 Å². The van der Waals surface area contributed by atoms with Gasteiger partial charge in [0, 0.05) is 66.6 Å². The molecule has 3 heterocycles. The molecule has 3 saturated heterocycles. The molecule has 0 radical (unpaired) electrons. The molecule has 0 bridgehead atoms. The summed E-state index contributed by atoms with van der Waals surface area (Å²) in [4.78, 5) is 133. The van der Waals surface area contributed by atoms with Crippen LogP contribution in [0.15, 0.2) is 11.6 Å². The highest BCUT2D eigenvalue weighted by Crippen LogP contribution is 2.31. The Morgan fingerprint density at radius 3 is 1.11 bits per heavy atom. The van der Waals surface area contributed by atoms with Gasteiger partial charge in [-0.15, -0.1) is 0 Å². The number of carbonyl (C=O) groups excluding carboxylic acids is 12. The third-order valence-electron chi connectivity index (χ3n) is 15.4. The fourth-order valence-electron chi connectivity index (χ4n) is 10.5. The van der Waals surface area contributed by atoms with Gasteiger partial charge in [-0.1, -0.05) is 25.3 Å². The fourth-order valence-corrected chi connectivity index (χ4v) is 10.5. The first-order chi connectivity index (χ1) is 38.7. The van der Waals surface area contributed by atoms with Gasteiger partial charge in [0.15, 0.2) is 18.9 Å². The predicted molar refractivity (Wildman–Crippen MR) is 292 cm³/mol. The number of rotatable bonds is 44. The van der Waals surface area contributed by atoms with Gasteiger partial charge in [-0.05, 0) is 160 Å². The summed E-state index contributed by atoms with van der Waals surface area (Å²) in [6.07, 6.45) is 22.9. The molecule has 0 aromatic rings. The second-order valence-corrected chi connectivity index (χ2v) is 21.7. The number of hydrogen-bond acceptors (Lipinski definition) is 20. The van der Waals surface area contributed by atoms with E-state index >= 15 is 0 Å². The van der Waals surface area contributed by atoms with E-state index in [0.717, 1.165) is 108 Å². The van der Waals surface area contributed by atoms with Crippen molar-refractivity contribution < 1.29 is 97.3 Å². The van der Waals surface area contributed by atoms with Gasteiger partial charge in [0.2, 0.25) is 0 Å². The van der Waals surface area contributed by atoms with E-state index in [0.29, 0.717) is 160 Å². The monoisotopic (exact) mass is 1130 g/mol. The van der Waals surface area contributed by atoms with Crippen molar-refractivity contribution in [2.75, 3.05) is 0 Å². The Labute approximate surface area is 472 Å². The SMILES string of the molecule is O=CCCC/C=C(/C=O)CCC(O)C(C=O)CCCC(C=O)CC(C=O)C1CCCC(O)O1.O=CCCCC(O)C(C=O)CCCC(C=O)CC(C=O)C1CCCC(O)O1.O=CCCCCC(C=O)CC(C=O)C1CCCC(O)O1. The van der Waals surface area contributed by atoms with Crippen molar-refractivity contribution in [3.8, 4) is 0 Å². The molecule has 0 aliphatic carbocycles. The number of hydrogen-bond donors (Lipinski definition) is 5. The molecule has 3 rings (SSSR count). The van der Waals surface area contributed by atoms with Crippen LogP contribution in [0.3, 0.4) is 0 Å². The molecule has 0 saturated carbocycles. The minimum Gasteiger partial charge on any atom is -0.392 e. The third kappa shape index (κ3) is 32.2. The van der Waals surface area contributed by atoms with Gasteiger partial charge >= 0.3 is 0 Å². The summed E-state index contributed by atoms with van der Waals surface area (Å²) < 4.78 is 16.3. The molecule has 16 unspecified atom stereocenters. The van der Waals surface area contributed by atoms with Gasteiger partial charge in [-0.3, -0.25) is 4.79 Å². The Morgan fingerprint density at radius 2 is 0.762 bits per heavy atom. The smallest absolute Gasteiger partial charge is 0.154 e. The molecule has 0 spiro atoms. The van der Waals surface area contributed by atoms with Crippen LogP contribution in [0.2, 0.25) is 0 Å². The van der Waals surface area contributed by atoms with Gasteiger partial charge in [0.25, 0.3) is 0 Å². The number of unbranched alkanes of at least 4 members (excludes halogenated alkanes) is 5. The second kappa shape index (κ2) is 47.0. The van der Waals surface area contributed by atoms with E-state index in [1.54, 1.807) is 6.08 Å². The minimum absolute atomic E-state index is 0.181. The molecule has 0 aromatic heterocycles. The van der Waals surface area contributed by atoms with Crippen LogP contribution in [0.5, 0.6) is 0 Å². The molecule has 20 nitrogen and oxygen atoms in total. The van der Waals surface area contributed by atoms with E-state index < -0.39 is 60.9 Å². The van der Waals surface area contributed by atoms with Crippen LogP contribution in [0.1, 0.15) is 193 Å². The molecule has 20 heteroatoms. The van der Waals surface area contributed by atoms with Crippen LogP contribution in [-0.2, 0) is 71.7 Å². The molecule has 80 heavy (non-hydrogen) atoms. The maximum atomic E-state index is 11.5. The van der Waals surface area contributed by atoms with Crippen molar-refractivity contribution in [3.05, 3.63) is 11.6 Å². The number of ether oxygens (including phenoxy) is 3.